The Labute approximate surface area is 151 Å². The number of aromatic nitrogens is 1. The van der Waals surface area contributed by atoms with Crippen molar-refractivity contribution in [3.8, 4) is 5.69 Å². The van der Waals surface area contributed by atoms with Gasteiger partial charge >= 0.3 is 0 Å². The number of amides is 2. The third-order valence-corrected chi connectivity index (χ3v) is 5.19. The first-order valence-electron chi connectivity index (χ1n) is 8.67. The van der Waals surface area contributed by atoms with Crippen LogP contribution in [-0.2, 0) is 11.3 Å². The standard InChI is InChI=1S/C19H20ClN3O2/c20-14-6-7-17-16(11-14)19(25)22(12-15-5-4-10-23(15)17)13-18(24)21-8-2-1-3-9-21/h4-7,10-11H,1-3,8-9,12-13H2. The summed E-state index contributed by atoms with van der Waals surface area (Å²) in [7, 11) is 0. The van der Waals surface area contributed by atoms with Crippen molar-refractivity contribution in [3.05, 3.63) is 52.8 Å². The number of hydrogen-bond acceptors (Lipinski definition) is 2. The van der Waals surface area contributed by atoms with Gasteiger partial charge in [0.25, 0.3) is 5.91 Å². The van der Waals surface area contributed by atoms with E-state index in [-0.39, 0.29) is 18.4 Å². The first-order chi connectivity index (χ1) is 12.1. The highest BCUT2D eigenvalue weighted by Crippen LogP contribution is 2.27. The summed E-state index contributed by atoms with van der Waals surface area (Å²) in [6.07, 6.45) is 5.19. The van der Waals surface area contributed by atoms with Gasteiger partial charge < -0.3 is 14.4 Å². The molecule has 1 aromatic heterocycles. The number of carbonyl (C=O) groups is 2. The summed E-state index contributed by atoms with van der Waals surface area (Å²) in [5.74, 6) is -0.122. The predicted molar refractivity (Wildman–Crippen MR) is 96.0 cm³/mol. The largest absolute Gasteiger partial charge is 0.341 e. The summed E-state index contributed by atoms with van der Waals surface area (Å²) >= 11 is 6.12. The van der Waals surface area contributed by atoms with Gasteiger partial charge in [0, 0.05) is 30.0 Å². The fraction of sp³-hybridized carbons (Fsp3) is 0.368. The zero-order valence-corrected chi connectivity index (χ0v) is 14.7. The summed E-state index contributed by atoms with van der Waals surface area (Å²) < 4.78 is 1.99. The van der Waals surface area contributed by atoms with Crippen molar-refractivity contribution in [3.63, 3.8) is 0 Å². The van der Waals surface area contributed by atoms with Gasteiger partial charge in [-0.25, -0.2) is 0 Å². The number of fused-ring (bicyclic) bond motifs is 3. The van der Waals surface area contributed by atoms with E-state index >= 15 is 0 Å². The van der Waals surface area contributed by atoms with E-state index in [1.807, 2.05) is 33.9 Å². The van der Waals surface area contributed by atoms with E-state index in [1.54, 1.807) is 17.0 Å². The molecule has 6 heteroatoms. The molecule has 0 saturated carbocycles. The molecule has 1 saturated heterocycles. The maximum Gasteiger partial charge on any atom is 0.256 e. The smallest absolute Gasteiger partial charge is 0.256 e. The first-order valence-corrected chi connectivity index (χ1v) is 9.04. The number of carbonyl (C=O) groups excluding carboxylic acids is 2. The molecule has 2 aliphatic rings. The van der Waals surface area contributed by atoms with Crippen molar-refractivity contribution >= 4 is 23.4 Å². The van der Waals surface area contributed by atoms with Crippen molar-refractivity contribution in [2.45, 2.75) is 25.8 Å². The van der Waals surface area contributed by atoms with E-state index in [0.29, 0.717) is 17.1 Å². The van der Waals surface area contributed by atoms with E-state index in [0.717, 1.165) is 37.3 Å². The summed E-state index contributed by atoms with van der Waals surface area (Å²) in [6, 6.07) is 9.26. The molecule has 0 bridgehead atoms. The molecule has 0 atom stereocenters. The molecule has 3 heterocycles. The van der Waals surface area contributed by atoms with Crippen LogP contribution in [0.4, 0.5) is 0 Å². The highest BCUT2D eigenvalue weighted by molar-refractivity contribution is 6.31. The van der Waals surface area contributed by atoms with Crippen LogP contribution in [0.25, 0.3) is 5.69 Å². The van der Waals surface area contributed by atoms with Gasteiger partial charge in [-0.3, -0.25) is 9.59 Å². The number of rotatable bonds is 2. The van der Waals surface area contributed by atoms with Gasteiger partial charge in [0.2, 0.25) is 5.91 Å². The lowest BCUT2D eigenvalue weighted by Crippen LogP contribution is -2.44. The fourth-order valence-electron chi connectivity index (χ4n) is 3.64. The molecule has 2 aromatic rings. The quantitative estimate of drug-likeness (QED) is 0.829. The van der Waals surface area contributed by atoms with Crippen molar-refractivity contribution in [2.75, 3.05) is 19.6 Å². The highest BCUT2D eigenvalue weighted by atomic mass is 35.5. The third kappa shape index (κ3) is 3.04. The Hall–Kier alpha value is -2.27. The second kappa shape index (κ2) is 6.56. The van der Waals surface area contributed by atoms with Gasteiger partial charge in [0.1, 0.15) is 6.54 Å². The van der Waals surface area contributed by atoms with Gasteiger partial charge in [-0.1, -0.05) is 11.6 Å². The molecule has 2 amide bonds. The fourth-order valence-corrected chi connectivity index (χ4v) is 3.81. The summed E-state index contributed by atoms with van der Waals surface area (Å²) in [5.41, 5.74) is 2.33. The van der Waals surface area contributed by atoms with Gasteiger partial charge in [0.05, 0.1) is 17.8 Å². The number of hydrogen-bond donors (Lipinski definition) is 0. The van der Waals surface area contributed by atoms with E-state index in [9.17, 15) is 9.59 Å². The number of nitrogens with zero attached hydrogens (tertiary/aromatic N) is 3. The normalized spacial score (nSPS) is 17.1. The molecule has 1 fully saturated rings. The van der Waals surface area contributed by atoms with Crippen LogP contribution in [0.5, 0.6) is 0 Å². The summed E-state index contributed by atoms with van der Waals surface area (Å²) in [6.45, 7) is 2.10. The third-order valence-electron chi connectivity index (χ3n) is 4.96. The van der Waals surface area contributed by atoms with Crippen LogP contribution in [0, 0.1) is 0 Å². The predicted octanol–water partition coefficient (Wildman–Crippen LogP) is 3.10. The first kappa shape index (κ1) is 16.2. The van der Waals surface area contributed by atoms with Crippen LogP contribution in [-0.4, -0.2) is 45.8 Å². The summed E-state index contributed by atoms with van der Waals surface area (Å²) in [4.78, 5) is 29.2. The van der Waals surface area contributed by atoms with E-state index in [4.69, 9.17) is 11.6 Å². The maximum atomic E-state index is 13.1. The molecule has 25 heavy (non-hydrogen) atoms. The van der Waals surface area contributed by atoms with Gasteiger partial charge in [-0.15, -0.1) is 0 Å². The van der Waals surface area contributed by atoms with Crippen LogP contribution in [0.2, 0.25) is 5.02 Å². The molecule has 5 nitrogen and oxygen atoms in total. The van der Waals surface area contributed by atoms with E-state index in [1.165, 1.54) is 6.42 Å². The molecular weight excluding hydrogens is 338 g/mol. The number of piperidine rings is 1. The molecule has 0 radical (unpaired) electrons. The number of halogens is 1. The van der Waals surface area contributed by atoms with Crippen LogP contribution in [0.3, 0.4) is 0 Å². The minimum Gasteiger partial charge on any atom is -0.341 e. The Morgan fingerprint density at radius 1 is 1.12 bits per heavy atom. The molecule has 0 N–H and O–H groups in total. The minimum absolute atomic E-state index is 0.0247. The molecular formula is C19H20ClN3O2. The monoisotopic (exact) mass is 357 g/mol. The minimum atomic E-state index is -0.147. The zero-order valence-electron chi connectivity index (χ0n) is 13.9. The average molecular weight is 358 g/mol. The second-order valence-electron chi connectivity index (χ2n) is 6.63. The van der Waals surface area contributed by atoms with Crippen LogP contribution in [0.1, 0.15) is 35.3 Å². The van der Waals surface area contributed by atoms with Gasteiger partial charge in [-0.05, 0) is 49.6 Å². The zero-order chi connectivity index (χ0) is 17.4. The average Bonchev–Trinajstić information content (AvgIpc) is 3.05. The van der Waals surface area contributed by atoms with Crippen molar-refractivity contribution in [2.24, 2.45) is 0 Å². The Kier molecular flexibility index (Phi) is 4.25. The number of benzene rings is 1. The Morgan fingerprint density at radius 2 is 1.92 bits per heavy atom. The lowest BCUT2D eigenvalue weighted by atomic mass is 10.1. The van der Waals surface area contributed by atoms with Gasteiger partial charge in [0.15, 0.2) is 0 Å². The highest BCUT2D eigenvalue weighted by Gasteiger charge is 2.29. The molecule has 4 rings (SSSR count). The van der Waals surface area contributed by atoms with Crippen molar-refractivity contribution < 1.29 is 9.59 Å². The molecule has 130 valence electrons. The van der Waals surface area contributed by atoms with E-state index in [2.05, 4.69) is 0 Å². The van der Waals surface area contributed by atoms with Gasteiger partial charge in [-0.2, -0.15) is 0 Å². The topological polar surface area (TPSA) is 45.6 Å². The number of likely N-dealkylation sites (tertiary alicyclic amines) is 1. The lowest BCUT2D eigenvalue weighted by molar-refractivity contribution is -0.132. The van der Waals surface area contributed by atoms with Crippen LogP contribution >= 0.6 is 11.6 Å². The van der Waals surface area contributed by atoms with Crippen LogP contribution < -0.4 is 0 Å². The molecule has 1 aromatic carbocycles. The maximum absolute atomic E-state index is 13.1. The molecule has 0 aliphatic carbocycles. The Balaban J connectivity index is 1.66. The Morgan fingerprint density at radius 3 is 2.72 bits per heavy atom. The van der Waals surface area contributed by atoms with E-state index < -0.39 is 0 Å². The second-order valence-corrected chi connectivity index (χ2v) is 7.07. The van der Waals surface area contributed by atoms with Crippen LogP contribution in [0.15, 0.2) is 36.5 Å². The SMILES string of the molecule is O=C(CN1Cc2cccn2-c2ccc(Cl)cc2C1=O)N1CCCCC1. The molecule has 0 spiro atoms. The van der Waals surface area contributed by atoms with Crippen molar-refractivity contribution in [1.29, 1.82) is 0 Å². The Bertz CT molecular complexity index is 824. The van der Waals surface area contributed by atoms with Crippen molar-refractivity contribution in [1.82, 2.24) is 14.4 Å². The summed E-state index contributed by atoms with van der Waals surface area (Å²) in [5, 5.41) is 0.519. The molecule has 2 aliphatic heterocycles. The molecule has 0 unspecified atom stereocenters. The lowest BCUT2D eigenvalue weighted by Gasteiger charge is -2.29.